The highest BCUT2D eigenvalue weighted by atomic mass is 79.9. The summed E-state index contributed by atoms with van der Waals surface area (Å²) < 4.78 is 2.46. The number of hydrogen-bond acceptors (Lipinski definition) is 4. The Kier molecular flexibility index (Phi) is 6.89. The molecule has 0 fully saturated rings. The molecule has 0 radical (unpaired) electrons. The summed E-state index contributed by atoms with van der Waals surface area (Å²) in [6.45, 7) is 2.90. The van der Waals surface area contributed by atoms with Gasteiger partial charge in [-0.25, -0.2) is 4.98 Å². The lowest BCUT2D eigenvalue weighted by molar-refractivity contribution is 0.745. The number of aromatic nitrogens is 2. The van der Waals surface area contributed by atoms with E-state index in [0.717, 1.165) is 23.9 Å². The van der Waals surface area contributed by atoms with Gasteiger partial charge in [-0.15, -0.1) is 0 Å². The van der Waals surface area contributed by atoms with Gasteiger partial charge >= 0.3 is 0 Å². The number of thiocarbonyl (C=S) groups is 1. The van der Waals surface area contributed by atoms with Crippen molar-refractivity contribution in [2.45, 2.75) is 19.8 Å². The predicted molar refractivity (Wildman–Crippen MR) is 121 cm³/mol. The van der Waals surface area contributed by atoms with Crippen LogP contribution in [0.1, 0.15) is 25.6 Å². The summed E-state index contributed by atoms with van der Waals surface area (Å²) in [5.41, 5.74) is 3.94. The van der Waals surface area contributed by atoms with E-state index >= 15 is 0 Å². The van der Waals surface area contributed by atoms with Crippen molar-refractivity contribution in [2.24, 2.45) is 5.10 Å². The van der Waals surface area contributed by atoms with Gasteiger partial charge in [-0.3, -0.25) is 14.8 Å². The first-order chi connectivity index (χ1) is 13.6. The Bertz CT molecular complexity index is 1060. The normalized spacial score (nSPS) is 11.1. The van der Waals surface area contributed by atoms with Gasteiger partial charge in [0.2, 0.25) is 0 Å². The van der Waals surface area contributed by atoms with E-state index in [1.807, 2.05) is 42.5 Å². The Morgan fingerprint density at radius 3 is 2.75 bits per heavy atom. The van der Waals surface area contributed by atoms with Crippen LogP contribution in [0, 0.1) is 0 Å². The van der Waals surface area contributed by atoms with E-state index in [4.69, 9.17) is 12.2 Å². The zero-order chi connectivity index (χ0) is 19.9. The third-order valence-electron chi connectivity index (χ3n) is 4.05. The van der Waals surface area contributed by atoms with Gasteiger partial charge in [0.25, 0.3) is 5.56 Å². The van der Waals surface area contributed by atoms with Crippen LogP contribution in [-0.2, 0) is 0 Å². The van der Waals surface area contributed by atoms with E-state index < -0.39 is 0 Å². The molecular weight excluding hydrogens is 438 g/mol. The predicted octanol–water partition coefficient (Wildman–Crippen LogP) is 3.75. The van der Waals surface area contributed by atoms with Crippen LogP contribution in [0.4, 0.5) is 0 Å². The lowest BCUT2D eigenvalue weighted by Crippen LogP contribution is -2.33. The summed E-state index contributed by atoms with van der Waals surface area (Å²) in [7, 11) is 0. The van der Waals surface area contributed by atoms with Crippen LogP contribution in [0.2, 0.25) is 0 Å². The minimum atomic E-state index is -0.155. The number of unbranched alkanes of at least 4 members (excludes halogenated alkanes) is 1. The number of rotatable bonds is 6. The van der Waals surface area contributed by atoms with Gasteiger partial charge < -0.3 is 5.32 Å². The molecule has 28 heavy (non-hydrogen) atoms. The zero-order valence-corrected chi connectivity index (χ0v) is 17.8. The summed E-state index contributed by atoms with van der Waals surface area (Å²) in [6.07, 6.45) is 3.61. The fourth-order valence-corrected chi connectivity index (χ4v) is 3.06. The van der Waals surface area contributed by atoms with Crippen LogP contribution >= 0.6 is 28.1 Å². The van der Waals surface area contributed by atoms with Crippen molar-refractivity contribution < 1.29 is 0 Å². The number of nitrogens with one attached hydrogen (secondary N) is 2. The summed E-state index contributed by atoms with van der Waals surface area (Å²) >= 11 is 8.61. The smallest absolute Gasteiger partial charge is 0.266 e. The molecule has 0 aliphatic heterocycles. The lowest BCUT2D eigenvalue weighted by atomic mass is 10.2. The van der Waals surface area contributed by atoms with Gasteiger partial charge in [0.15, 0.2) is 10.9 Å². The Labute approximate surface area is 176 Å². The molecule has 3 rings (SSSR count). The molecule has 2 N–H and O–H groups in total. The van der Waals surface area contributed by atoms with Gasteiger partial charge in [0.05, 0.1) is 22.8 Å². The molecule has 6 nitrogen and oxygen atoms in total. The minimum Gasteiger partial charge on any atom is -0.361 e. The maximum atomic E-state index is 13.1. The molecule has 3 aromatic rings. The second-order valence-electron chi connectivity index (χ2n) is 6.08. The van der Waals surface area contributed by atoms with Gasteiger partial charge in [-0.1, -0.05) is 41.4 Å². The van der Waals surface area contributed by atoms with Crippen LogP contribution in [-0.4, -0.2) is 27.4 Å². The van der Waals surface area contributed by atoms with Crippen LogP contribution in [0.5, 0.6) is 0 Å². The summed E-state index contributed by atoms with van der Waals surface area (Å²) in [5.74, 6) is 0.412. The van der Waals surface area contributed by atoms with Crippen molar-refractivity contribution in [3.05, 3.63) is 69.2 Å². The summed E-state index contributed by atoms with van der Waals surface area (Å²) in [4.78, 5) is 17.7. The highest BCUT2D eigenvalue weighted by molar-refractivity contribution is 9.10. The highest BCUT2D eigenvalue weighted by Crippen LogP contribution is 2.15. The molecule has 0 amide bonds. The molecule has 144 valence electrons. The fraction of sp³-hybridized carbons (Fsp3) is 0.200. The molecule has 1 heterocycles. The molecular formula is C20H20BrN5OS. The Balaban J connectivity index is 1.97. The van der Waals surface area contributed by atoms with E-state index in [1.165, 1.54) is 10.8 Å². The Morgan fingerprint density at radius 1 is 1.25 bits per heavy atom. The third-order valence-corrected chi connectivity index (χ3v) is 4.81. The molecule has 0 atom stereocenters. The molecule has 0 aliphatic rings. The Hall–Kier alpha value is -2.58. The van der Waals surface area contributed by atoms with Gasteiger partial charge in [-0.05, 0) is 55.0 Å². The lowest BCUT2D eigenvalue weighted by Gasteiger charge is -2.11. The first-order valence-corrected chi connectivity index (χ1v) is 10.1. The second kappa shape index (κ2) is 9.57. The van der Waals surface area contributed by atoms with E-state index in [1.54, 1.807) is 6.07 Å². The summed E-state index contributed by atoms with van der Waals surface area (Å²) in [6, 6.07) is 14.7. The zero-order valence-electron chi connectivity index (χ0n) is 15.4. The molecule has 0 unspecified atom stereocenters. The van der Waals surface area contributed by atoms with Crippen molar-refractivity contribution in [1.29, 1.82) is 0 Å². The van der Waals surface area contributed by atoms with Crippen molar-refractivity contribution in [3.8, 4) is 5.69 Å². The molecule has 8 heteroatoms. The van der Waals surface area contributed by atoms with E-state index in [-0.39, 0.29) is 5.56 Å². The number of nitrogens with zero attached hydrogens (tertiary/aromatic N) is 3. The first-order valence-electron chi connectivity index (χ1n) is 8.95. The number of fused-ring (bicyclic) bond motifs is 1. The number of hydrazone groups is 1. The van der Waals surface area contributed by atoms with Crippen molar-refractivity contribution >= 4 is 50.4 Å². The molecule has 0 spiro atoms. The van der Waals surface area contributed by atoms with Crippen molar-refractivity contribution in [2.75, 3.05) is 6.54 Å². The van der Waals surface area contributed by atoms with E-state index in [9.17, 15) is 4.79 Å². The van der Waals surface area contributed by atoms with Crippen molar-refractivity contribution in [1.82, 2.24) is 20.3 Å². The Morgan fingerprint density at radius 2 is 2.00 bits per heavy atom. The van der Waals surface area contributed by atoms with Crippen molar-refractivity contribution in [3.63, 3.8) is 0 Å². The quantitative estimate of drug-likeness (QED) is 0.255. The van der Waals surface area contributed by atoms with Crippen LogP contribution in [0.3, 0.4) is 0 Å². The first kappa shape index (κ1) is 20.2. The molecule has 0 saturated carbocycles. The maximum Gasteiger partial charge on any atom is 0.266 e. The molecule has 1 aromatic heterocycles. The molecule has 0 saturated heterocycles. The average Bonchev–Trinajstić information content (AvgIpc) is 2.69. The van der Waals surface area contributed by atoms with Crippen LogP contribution in [0.15, 0.2) is 62.9 Å². The number of hydrogen-bond donors (Lipinski definition) is 2. The molecule has 0 aliphatic carbocycles. The van der Waals surface area contributed by atoms with Gasteiger partial charge in [0.1, 0.15) is 0 Å². The fourth-order valence-electron chi connectivity index (χ4n) is 2.64. The van der Waals surface area contributed by atoms with Gasteiger partial charge in [0, 0.05) is 11.0 Å². The van der Waals surface area contributed by atoms with Crippen LogP contribution in [0.25, 0.3) is 16.6 Å². The largest absolute Gasteiger partial charge is 0.361 e. The SMILES string of the molecule is CCCCNC(=S)N/N=C/c1nc2ccccc2c(=O)n1-c1ccc(Br)cc1. The highest BCUT2D eigenvalue weighted by Gasteiger charge is 2.11. The topological polar surface area (TPSA) is 71.3 Å². The van der Waals surface area contributed by atoms with Gasteiger partial charge in [-0.2, -0.15) is 5.10 Å². The monoisotopic (exact) mass is 457 g/mol. The third kappa shape index (κ3) is 4.82. The molecule has 0 bridgehead atoms. The number of halogens is 1. The second-order valence-corrected chi connectivity index (χ2v) is 7.41. The van der Waals surface area contributed by atoms with E-state index in [2.05, 4.69) is 43.7 Å². The number of benzene rings is 2. The number of para-hydroxylation sites is 1. The summed E-state index contributed by atoms with van der Waals surface area (Å²) in [5, 5.41) is 8.22. The standard InChI is InChI=1S/C20H20BrN5OS/c1-2-3-12-22-20(28)25-23-13-18-24-17-7-5-4-6-16(17)19(27)26(18)15-10-8-14(21)9-11-15/h4-11,13H,2-3,12H2,1H3,(H2,22,25,28)/b23-13+. The minimum absolute atomic E-state index is 0.155. The molecule has 2 aromatic carbocycles. The van der Waals surface area contributed by atoms with E-state index in [0.29, 0.717) is 27.5 Å². The average molecular weight is 458 g/mol. The maximum absolute atomic E-state index is 13.1. The van der Waals surface area contributed by atoms with Crippen LogP contribution < -0.4 is 16.3 Å².